The molecule has 16 heteroatoms. The third kappa shape index (κ3) is 5.71. The van der Waals surface area contributed by atoms with Gasteiger partial charge in [-0.05, 0) is 11.8 Å². The molecule has 0 aliphatic carbocycles. The molecule has 4 N–H and O–H groups in total. The van der Waals surface area contributed by atoms with Crippen molar-refractivity contribution in [3.8, 4) is 0 Å². The van der Waals surface area contributed by atoms with Crippen molar-refractivity contribution in [3.63, 3.8) is 0 Å². The van der Waals surface area contributed by atoms with E-state index in [1.165, 1.54) is 23.6 Å². The Morgan fingerprint density at radius 3 is 2.51 bits per heavy atom. The molecule has 0 bridgehead atoms. The van der Waals surface area contributed by atoms with Crippen LogP contribution in [0.2, 0.25) is 0 Å². The molecular weight excluding hydrogens is 578 g/mol. The molecule has 4 rings (SSSR count). The summed E-state index contributed by atoms with van der Waals surface area (Å²) in [5.74, 6) is -3.24. The molecule has 14 nitrogen and oxygen atoms in total. The molecule has 3 heterocycles. The molecule has 3 atom stereocenters. The van der Waals surface area contributed by atoms with Crippen molar-refractivity contribution in [3.05, 3.63) is 47.2 Å². The number of nitrogens with one attached hydrogen (secondary N) is 2. The number of carboxylic acids is 1. The number of aliphatic carboxylic acids is 1. The number of hydrogen-bond donors (Lipinski definition) is 4. The van der Waals surface area contributed by atoms with Crippen LogP contribution in [0.1, 0.15) is 18.5 Å². The summed E-state index contributed by atoms with van der Waals surface area (Å²) in [6.45, 7) is 0.999. The summed E-state index contributed by atoms with van der Waals surface area (Å²) in [6, 6.07) is 5.54. The van der Waals surface area contributed by atoms with Gasteiger partial charge in [0.2, 0.25) is 5.91 Å². The van der Waals surface area contributed by atoms with E-state index >= 15 is 0 Å². The molecule has 0 saturated carbocycles. The maximum atomic E-state index is 13.7. The van der Waals surface area contributed by atoms with Crippen molar-refractivity contribution < 1.29 is 43.7 Å². The number of carboxylic acid groups (broad SMARTS) is 1. The number of nitrogens with zero attached hydrogens (tertiary/aromatic N) is 3. The molecule has 3 aliphatic rings. The predicted molar refractivity (Wildman–Crippen MR) is 147 cm³/mol. The van der Waals surface area contributed by atoms with Crippen molar-refractivity contribution in [2.45, 2.75) is 23.2 Å². The molecular formula is C25H29N5O9S2. The largest absolute Gasteiger partial charge is 0.477 e. The number of β-lactam (4-membered cyclic amide) rings is 1. The summed E-state index contributed by atoms with van der Waals surface area (Å²) in [5, 5.41) is 23.5. The van der Waals surface area contributed by atoms with E-state index in [2.05, 4.69) is 10.6 Å². The predicted octanol–water partition coefficient (Wildman–Crippen LogP) is 0.160. The maximum Gasteiger partial charge on any atom is 0.352 e. The van der Waals surface area contributed by atoms with Gasteiger partial charge in [0, 0.05) is 37.9 Å². The van der Waals surface area contributed by atoms with Crippen LogP contribution in [0.15, 0.2) is 41.6 Å². The summed E-state index contributed by atoms with van der Waals surface area (Å²) >= 11 is 2.23. The highest BCUT2D eigenvalue weighted by molar-refractivity contribution is 8.05. The Morgan fingerprint density at radius 1 is 1.20 bits per heavy atom. The number of aliphatic hydroxyl groups excluding tert-OH is 1. The molecule has 1 aromatic rings. The molecule has 6 amide bonds. The number of urea groups is 2. The van der Waals surface area contributed by atoms with Crippen molar-refractivity contribution in [2.75, 3.05) is 44.9 Å². The van der Waals surface area contributed by atoms with E-state index in [-0.39, 0.29) is 49.9 Å². The molecule has 2 fully saturated rings. The summed E-state index contributed by atoms with van der Waals surface area (Å²) in [4.78, 5) is 78.1. The first-order chi connectivity index (χ1) is 19.5. The van der Waals surface area contributed by atoms with Crippen LogP contribution in [-0.4, -0.2) is 116 Å². The van der Waals surface area contributed by atoms with Crippen LogP contribution in [0.25, 0.3) is 0 Å². The van der Waals surface area contributed by atoms with Crippen LogP contribution in [0.4, 0.5) is 9.59 Å². The highest BCUT2D eigenvalue weighted by Gasteiger charge is 2.65. The molecule has 0 radical (unpaired) electrons. The van der Waals surface area contributed by atoms with E-state index in [1.807, 2.05) is 0 Å². The third-order valence-electron chi connectivity index (χ3n) is 6.77. The van der Waals surface area contributed by atoms with Gasteiger partial charge in [0.05, 0.1) is 6.61 Å². The van der Waals surface area contributed by atoms with Crippen molar-refractivity contribution in [1.82, 2.24) is 25.3 Å². The van der Waals surface area contributed by atoms with Crippen molar-refractivity contribution >= 4 is 59.3 Å². The first-order valence-electron chi connectivity index (χ1n) is 12.5. The standard InChI is InChI=1S/C25H29N5O9S2/c1-14(32)39-12-16-13-41-22-25(40-2,21(36)30(22)18(16)20(34)35)27-19(33)17(15-6-4-3-5-7-15)26-23(37)29-9-8-28(10-11-31)24(29)38/h3-7,17,22,31H,8-13H2,1-2H3,(H,26,37)(H,27,33)(H,34,35)/t17?,22-,25+/m1/s1. The zero-order valence-electron chi connectivity index (χ0n) is 22.2. The number of hydrogen-bond acceptors (Lipinski definition) is 10. The number of rotatable bonds is 10. The lowest BCUT2D eigenvalue weighted by molar-refractivity contribution is -0.153. The van der Waals surface area contributed by atoms with E-state index < -0.39 is 52.1 Å². The Kier molecular flexibility index (Phi) is 9.14. The van der Waals surface area contributed by atoms with Gasteiger partial charge in [0.1, 0.15) is 23.7 Å². The monoisotopic (exact) mass is 607 g/mol. The topological polar surface area (TPSA) is 186 Å². The van der Waals surface area contributed by atoms with Gasteiger partial charge in [-0.15, -0.1) is 23.5 Å². The van der Waals surface area contributed by atoms with Gasteiger partial charge in [0.25, 0.3) is 5.91 Å². The number of imide groups is 1. The Morgan fingerprint density at radius 2 is 1.90 bits per heavy atom. The van der Waals surface area contributed by atoms with E-state index in [1.54, 1.807) is 36.6 Å². The fraction of sp³-hybridized carbons (Fsp3) is 0.440. The Hall–Kier alpha value is -3.76. The number of aliphatic hydroxyl groups is 1. The number of fused-ring (bicyclic) bond motifs is 1. The van der Waals surface area contributed by atoms with Crippen molar-refractivity contribution in [1.29, 1.82) is 0 Å². The van der Waals surface area contributed by atoms with Gasteiger partial charge in [-0.25, -0.2) is 19.3 Å². The summed E-state index contributed by atoms with van der Waals surface area (Å²) in [5.41, 5.74) is 0.346. The number of ether oxygens (including phenoxy) is 1. The number of amides is 6. The number of benzene rings is 1. The minimum absolute atomic E-state index is 0.0640. The second-order valence-electron chi connectivity index (χ2n) is 9.24. The number of carbonyl (C=O) groups excluding carboxylic acids is 5. The van der Waals surface area contributed by atoms with Gasteiger partial charge in [-0.3, -0.25) is 19.3 Å². The van der Waals surface area contributed by atoms with E-state index in [0.29, 0.717) is 5.56 Å². The molecule has 1 unspecified atom stereocenters. The normalized spacial score (nSPS) is 22.6. The summed E-state index contributed by atoms with van der Waals surface area (Å²) in [6.07, 6.45) is 1.60. The summed E-state index contributed by atoms with van der Waals surface area (Å²) in [7, 11) is 0. The van der Waals surface area contributed by atoms with Crippen LogP contribution in [-0.2, 0) is 23.9 Å². The molecule has 0 spiro atoms. The van der Waals surface area contributed by atoms with Gasteiger partial charge < -0.3 is 30.5 Å². The first kappa shape index (κ1) is 30.2. The van der Waals surface area contributed by atoms with E-state index in [9.17, 15) is 33.9 Å². The minimum Gasteiger partial charge on any atom is -0.477 e. The first-order valence-corrected chi connectivity index (χ1v) is 14.8. The SMILES string of the molecule is CS[C@@]1(NC(=O)C(NC(=O)N2CCN(CCO)C2=O)c2ccccc2)C(=O)N2C(C(=O)O)=C(COC(C)=O)CS[C@@H]21. The van der Waals surface area contributed by atoms with Crippen LogP contribution in [0, 0.1) is 0 Å². The molecule has 1 aromatic carbocycles. The lowest BCUT2D eigenvalue weighted by Crippen LogP contribution is -2.78. The summed E-state index contributed by atoms with van der Waals surface area (Å²) < 4.78 is 4.96. The fourth-order valence-corrected chi connectivity index (χ4v) is 7.34. The second-order valence-corrected chi connectivity index (χ2v) is 11.4. The second kappa shape index (κ2) is 12.4. The number of thioether (sulfide) groups is 2. The molecule has 41 heavy (non-hydrogen) atoms. The molecule has 3 aliphatic heterocycles. The average Bonchev–Trinajstić information content (AvgIpc) is 3.32. The van der Waals surface area contributed by atoms with Crippen LogP contribution >= 0.6 is 23.5 Å². The minimum atomic E-state index is -1.55. The Bertz CT molecular complexity index is 1290. The quantitative estimate of drug-likeness (QED) is 0.161. The molecule has 0 aromatic heterocycles. The van der Waals surface area contributed by atoms with Gasteiger partial charge in [0.15, 0.2) is 4.87 Å². The average molecular weight is 608 g/mol. The van der Waals surface area contributed by atoms with E-state index in [0.717, 1.165) is 21.6 Å². The third-order valence-corrected chi connectivity index (χ3v) is 9.45. The van der Waals surface area contributed by atoms with Crippen molar-refractivity contribution in [2.24, 2.45) is 0 Å². The van der Waals surface area contributed by atoms with E-state index in [4.69, 9.17) is 9.84 Å². The smallest absolute Gasteiger partial charge is 0.352 e. The maximum absolute atomic E-state index is 13.7. The zero-order chi connectivity index (χ0) is 29.9. The fourth-order valence-electron chi connectivity index (χ4n) is 4.74. The number of carbonyl (C=O) groups is 6. The van der Waals surface area contributed by atoms with Gasteiger partial charge in [-0.1, -0.05) is 30.3 Å². The van der Waals surface area contributed by atoms with Crippen LogP contribution < -0.4 is 10.6 Å². The highest BCUT2D eigenvalue weighted by atomic mass is 32.2. The Labute approximate surface area is 243 Å². The lowest BCUT2D eigenvalue weighted by atomic mass is 10.00. The number of β-amino-alcohol motifs (C(OH)–C–C–N with tert-alkyl or cyclic N) is 1. The van der Waals surface area contributed by atoms with Crippen LogP contribution in [0.3, 0.4) is 0 Å². The zero-order valence-corrected chi connectivity index (χ0v) is 23.8. The highest BCUT2D eigenvalue weighted by Crippen LogP contribution is 2.50. The van der Waals surface area contributed by atoms with Crippen LogP contribution in [0.5, 0.6) is 0 Å². The van der Waals surface area contributed by atoms with Gasteiger partial charge >= 0.3 is 24.0 Å². The lowest BCUT2D eigenvalue weighted by Gasteiger charge is -2.56. The van der Waals surface area contributed by atoms with Gasteiger partial charge in [-0.2, -0.15) is 0 Å². The molecule has 220 valence electrons. The Balaban J connectivity index is 1.57. The number of esters is 1. The molecule has 2 saturated heterocycles.